The molecule has 0 aliphatic heterocycles. The minimum atomic E-state index is 0.537. The predicted octanol–water partition coefficient (Wildman–Crippen LogP) is 3.49. The lowest BCUT2D eigenvalue weighted by molar-refractivity contribution is 0.380. The second kappa shape index (κ2) is 5.97. The highest BCUT2D eigenvalue weighted by Gasteiger charge is 2.09. The van der Waals surface area contributed by atoms with Gasteiger partial charge in [0, 0.05) is 17.1 Å². The van der Waals surface area contributed by atoms with Crippen molar-refractivity contribution in [3.8, 4) is 0 Å². The molecule has 0 fully saturated rings. The summed E-state index contributed by atoms with van der Waals surface area (Å²) in [4.78, 5) is 4.40. The van der Waals surface area contributed by atoms with Crippen LogP contribution in [0.1, 0.15) is 22.8 Å². The van der Waals surface area contributed by atoms with Crippen LogP contribution in [-0.4, -0.2) is 10.1 Å². The lowest BCUT2D eigenvalue weighted by Gasteiger charge is -2.00. The van der Waals surface area contributed by atoms with Gasteiger partial charge in [-0.3, -0.25) is 0 Å². The van der Waals surface area contributed by atoms with E-state index in [-0.39, 0.29) is 0 Å². The van der Waals surface area contributed by atoms with Crippen LogP contribution in [0.5, 0.6) is 0 Å². The number of halogens is 1. The van der Waals surface area contributed by atoms with Crippen molar-refractivity contribution in [2.45, 2.75) is 12.8 Å². The summed E-state index contributed by atoms with van der Waals surface area (Å²) in [7, 11) is 0. The van der Waals surface area contributed by atoms with Gasteiger partial charge in [0.05, 0.1) is 6.42 Å². The first kappa shape index (κ1) is 13.6. The van der Waals surface area contributed by atoms with Gasteiger partial charge in [0.1, 0.15) is 0 Å². The number of nitrogens with zero attached hydrogens (tertiary/aromatic N) is 2. The van der Waals surface area contributed by atoms with Gasteiger partial charge in [0.2, 0.25) is 5.89 Å². The number of aromatic nitrogens is 2. The molecular formula is C16H14ClN3O. The summed E-state index contributed by atoms with van der Waals surface area (Å²) < 4.78 is 5.28. The Balaban J connectivity index is 1.73. The Labute approximate surface area is 127 Å². The molecule has 0 atom stereocenters. The minimum Gasteiger partial charge on any atom is -0.398 e. The summed E-state index contributed by atoms with van der Waals surface area (Å²) >= 11 is 5.96. The topological polar surface area (TPSA) is 64.9 Å². The maximum Gasteiger partial charge on any atom is 0.231 e. The molecule has 0 spiro atoms. The number of nitrogens with two attached hydrogens (primary N) is 1. The van der Waals surface area contributed by atoms with Crippen LogP contribution < -0.4 is 5.73 Å². The maximum atomic E-state index is 5.96. The van der Waals surface area contributed by atoms with Crippen molar-refractivity contribution in [3.05, 3.63) is 76.4 Å². The smallest absolute Gasteiger partial charge is 0.231 e. The van der Waals surface area contributed by atoms with Gasteiger partial charge in [0.15, 0.2) is 5.82 Å². The van der Waals surface area contributed by atoms with Crippen LogP contribution in [0.3, 0.4) is 0 Å². The third-order valence-corrected chi connectivity index (χ3v) is 3.39. The van der Waals surface area contributed by atoms with Crippen LogP contribution in [0.15, 0.2) is 53.1 Å². The van der Waals surface area contributed by atoms with Crippen molar-refractivity contribution in [2.24, 2.45) is 0 Å². The van der Waals surface area contributed by atoms with Gasteiger partial charge < -0.3 is 10.3 Å². The zero-order valence-electron chi connectivity index (χ0n) is 11.3. The molecule has 0 aliphatic carbocycles. The van der Waals surface area contributed by atoms with E-state index in [0.717, 1.165) is 16.8 Å². The molecule has 5 heteroatoms. The molecule has 2 aromatic carbocycles. The fourth-order valence-electron chi connectivity index (χ4n) is 2.12. The normalized spacial score (nSPS) is 10.7. The largest absolute Gasteiger partial charge is 0.398 e. The molecular weight excluding hydrogens is 286 g/mol. The zero-order valence-corrected chi connectivity index (χ0v) is 12.0. The van der Waals surface area contributed by atoms with Crippen LogP contribution in [0.2, 0.25) is 5.02 Å². The Morgan fingerprint density at radius 2 is 1.90 bits per heavy atom. The van der Waals surface area contributed by atoms with Gasteiger partial charge in [0.25, 0.3) is 0 Å². The van der Waals surface area contributed by atoms with Crippen molar-refractivity contribution in [2.75, 3.05) is 5.73 Å². The van der Waals surface area contributed by atoms with Crippen molar-refractivity contribution < 1.29 is 4.52 Å². The van der Waals surface area contributed by atoms with E-state index in [1.165, 1.54) is 0 Å². The number of hydrogen-bond donors (Lipinski definition) is 1. The molecule has 2 N–H and O–H groups in total. The fraction of sp³-hybridized carbons (Fsp3) is 0.125. The van der Waals surface area contributed by atoms with Crippen molar-refractivity contribution in [1.82, 2.24) is 10.1 Å². The number of para-hydroxylation sites is 1. The van der Waals surface area contributed by atoms with Crippen LogP contribution in [-0.2, 0) is 12.8 Å². The molecule has 0 saturated carbocycles. The van der Waals surface area contributed by atoms with E-state index in [4.69, 9.17) is 21.9 Å². The number of hydrogen-bond acceptors (Lipinski definition) is 4. The predicted molar refractivity (Wildman–Crippen MR) is 82.2 cm³/mol. The molecule has 0 aliphatic rings. The molecule has 0 amide bonds. The third-order valence-electron chi connectivity index (χ3n) is 3.16. The standard InChI is InChI=1S/C16H14ClN3O/c17-13-6-3-4-11(8-13)9-15-19-16(21-20-15)10-12-5-1-2-7-14(12)18/h1-8H,9-10,18H2. The van der Waals surface area contributed by atoms with Crippen molar-refractivity contribution >= 4 is 17.3 Å². The van der Waals surface area contributed by atoms with Crippen LogP contribution >= 0.6 is 11.6 Å². The van der Waals surface area contributed by atoms with E-state index in [0.29, 0.717) is 29.6 Å². The highest BCUT2D eigenvalue weighted by atomic mass is 35.5. The third kappa shape index (κ3) is 3.41. The lowest BCUT2D eigenvalue weighted by atomic mass is 10.1. The second-order valence-corrected chi connectivity index (χ2v) is 5.22. The molecule has 3 rings (SSSR count). The molecule has 3 aromatic rings. The quantitative estimate of drug-likeness (QED) is 0.749. The Kier molecular flexibility index (Phi) is 3.88. The second-order valence-electron chi connectivity index (χ2n) is 4.79. The van der Waals surface area contributed by atoms with Gasteiger partial charge in [-0.1, -0.05) is 47.1 Å². The number of rotatable bonds is 4. The first-order valence-electron chi connectivity index (χ1n) is 6.60. The van der Waals surface area contributed by atoms with Gasteiger partial charge in [-0.25, -0.2) is 0 Å². The fourth-order valence-corrected chi connectivity index (χ4v) is 2.33. The Morgan fingerprint density at radius 1 is 1.05 bits per heavy atom. The van der Waals surface area contributed by atoms with Crippen LogP contribution in [0, 0.1) is 0 Å². The molecule has 21 heavy (non-hydrogen) atoms. The van der Waals surface area contributed by atoms with E-state index in [1.807, 2.05) is 48.5 Å². The summed E-state index contributed by atoms with van der Waals surface area (Å²) in [5.74, 6) is 1.20. The van der Waals surface area contributed by atoms with E-state index >= 15 is 0 Å². The molecule has 0 unspecified atom stereocenters. The van der Waals surface area contributed by atoms with E-state index < -0.39 is 0 Å². The lowest BCUT2D eigenvalue weighted by Crippen LogP contribution is -1.96. The van der Waals surface area contributed by atoms with Crippen molar-refractivity contribution in [1.29, 1.82) is 0 Å². The average molecular weight is 300 g/mol. The summed E-state index contributed by atoms with van der Waals surface area (Å²) in [5.41, 5.74) is 8.67. The van der Waals surface area contributed by atoms with Crippen LogP contribution in [0.4, 0.5) is 5.69 Å². The first-order chi connectivity index (χ1) is 10.2. The molecule has 0 saturated heterocycles. The van der Waals surface area contributed by atoms with Gasteiger partial charge >= 0.3 is 0 Å². The summed E-state index contributed by atoms with van der Waals surface area (Å²) in [6.45, 7) is 0. The number of anilines is 1. The number of benzene rings is 2. The summed E-state index contributed by atoms with van der Waals surface area (Å²) in [5, 5.41) is 4.70. The van der Waals surface area contributed by atoms with Gasteiger partial charge in [-0.2, -0.15) is 4.98 Å². The monoisotopic (exact) mass is 299 g/mol. The highest BCUT2D eigenvalue weighted by molar-refractivity contribution is 6.30. The zero-order chi connectivity index (χ0) is 14.7. The molecule has 4 nitrogen and oxygen atoms in total. The van der Waals surface area contributed by atoms with Crippen molar-refractivity contribution in [3.63, 3.8) is 0 Å². The molecule has 0 bridgehead atoms. The molecule has 0 radical (unpaired) electrons. The Hall–Kier alpha value is -2.33. The Bertz CT molecular complexity index is 755. The SMILES string of the molecule is Nc1ccccc1Cc1nc(Cc2cccc(Cl)c2)no1. The number of nitrogen functional groups attached to an aromatic ring is 1. The van der Waals surface area contributed by atoms with E-state index in [9.17, 15) is 0 Å². The van der Waals surface area contributed by atoms with E-state index in [2.05, 4.69) is 10.1 Å². The summed E-state index contributed by atoms with van der Waals surface area (Å²) in [6, 6.07) is 15.3. The minimum absolute atomic E-state index is 0.537. The van der Waals surface area contributed by atoms with E-state index in [1.54, 1.807) is 0 Å². The molecule has 1 aromatic heterocycles. The molecule has 106 valence electrons. The summed E-state index contributed by atoms with van der Waals surface area (Å²) in [6.07, 6.45) is 1.13. The Morgan fingerprint density at radius 3 is 2.71 bits per heavy atom. The first-order valence-corrected chi connectivity index (χ1v) is 6.98. The van der Waals surface area contributed by atoms with Gasteiger partial charge in [-0.15, -0.1) is 0 Å². The van der Waals surface area contributed by atoms with Crippen LogP contribution in [0.25, 0.3) is 0 Å². The van der Waals surface area contributed by atoms with Gasteiger partial charge in [-0.05, 0) is 29.3 Å². The highest BCUT2D eigenvalue weighted by Crippen LogP contribution is 2.16. The molecule has 1 heterocycles. The maximum absolute atomic E-state index is 5.96. The average Bonchev–Trinajstić information content (AvgIpc) is 2.89.